The average molecular weight is 465 g/mol. The summed E-state index contributed by atoms with van der Waals surface area (Å²) in [7, 11) is 1.64. The van der Waals surface area contributed by atoms with Gasteiger partial charge in [0.05, 0.1) is 24.7 Å². The van der Waals surface area contributed by atoms with Crippen LogP contribution in [0, 0.1) is 5.92 Å². The van der Waals surface area contributed by atoms with Gasteiger partial charge in [-0.1, -0.05) is 39.5 Å². The Bertz CT molecular complexity index is 1170. The van der Waals surface area contributed by atoms with Gasteiger partial charge in [-0.3, -0.25) is 9.69 Å². The molecule has 34 heavy (non-hydrogen) atoms. The fraction of sp³-hybridized carbons (Fsp3) is 0.615. The second-order valence-electron chi connectivity index (χ2n) is 10.3. The van der Waals surface area contributed by atoms with Gasteiger partial charge in [0.2, 0.25) is 0 Å². The van der Waals surface area contributed by atoms with E-state index in [1.54, 1.807) is 7.11 Å². The van der Waals surface area contributed by atoms with E-state index in [4.69, 9.17) is 4.74 Å². The van der Waals surface area contributed by atoms with Crippen LogP contribution in [0.25, 0.3) is 10.9 Å². The summed E-state index contributed by atoms with van der Waals surface area (Å²) in [5.74, 6) is 2.01. The van der Waals surface area contributed by atoms with Gasteiger partial charge in [-0.2, -0.15) is 0 Å². The molecule has 1 aromatic carbocycles. The van der Waals surface area contributed by atoms with Crippen molar-refractivity contribution in [1.82, 2.24) is 30.1 Å². The predicted molar refractivity (Wildman–Crippen MR) is 132 cm³/mol. The molecule has 0 saturated heterocycles. The molecule has 5 rings (SSSR count). The van der Waals surface area contributed by atoms with Crippen molar-refractivity contribution < 1.29 is 4.74 Å². The maximum absolute atomic E-state index is 13.2. The number of nitrogens with zero attached hydrogens (tertiary/aromatic N) is 5. The van der Waals surface area contributed by atoms with Crippen LogP contribution in [-0.4, -0.2) is 43.2 Å². The fourth-order valence-electron chi connectivity index (χ4n) is 5.99. The largest absolute Gasteiger partial charge is 0.497 e. The van der Waals surface area contributed by atoms with E-state index in [1.807, 2.05) is 24.3 Å². The first kappa shape index (κ1) is 23.0. The van der Waals surface area contributed by atoms with Crippen LogP contribution in [0.5, 0.6) is 5.75 Å². The SMILES string of the molecule is COc1ccc2cc(CN(C3CCCC3)C(c3nnnn3C3CCCC3)C(C)C)c(=O)[nH]c2c1. The van der Waals surface area contributed by atoms with Gasteiger partial charge in [-0.15, -0.1) is 5.10 Å². The molecule has 2 saturated carbocycles. The molecule has 1 N–H and O–H groups in total. The van der Waals surface area contributed by atoms with Gasteiger partial charge in [0, 0.05) is 24.2 Å². The molecule has 1 atom stereocenters. The van der Waals surface area contributed by atoms with E-state index in [0.717, 1.165) is 53.7 Å². The summed E-state index contributed by atoms with van der Waals surface area (Å²) in [6.07, 6.45) is 9.51. The molecule has 0 bridgehead atoms. The van der Waals surface area contributed by atoms with Crippen LogP contribution in [0.1, 0.15) is 88.7 Å². The molecular weight excluding hydrogens is 428 g/mol. The van der Waals surface area contributed by atoms with Crippen molar-refractivity contribution in [1.29, 1.82) is 0 Å². The van der Waals surface area contributed by atoms with Crippen molar-refractivity contribution in [2.24, 2.45) is 5.92 Å². The van der Waals surface area contributed by atoms with E-state index in [1.165, 1.54) is 25.7 Å². The lowest BCUT2D eigenvalue weighted by molar-refractivity contribution is 0.0826. The molecular formula is C26H36N6O2. The molecule has 2 aromatic heterocycles. The van der Waals surface area contributed by atoms with Crippen molar-refractivity contribution in [3.05, 3.63) is 46.0 Å². The topological polar surface area (TPSA) is 88.9 Å². The maximum Gasteiger partial charge on any atom is 0.252 e. The van der Waals surface area contributed by atoms with E-state index in [2.05, 4.69) is 43.9 Å². The zero-order valence-corrected chi connectivity index (χ0v) is 20.5. The highest BCUT2D eigenvalue weighted by molar-refractivity contribution is 5.80. The third kappa shape index (κ3) is 4.48. The third-order valence-electron chi connectivity index (χ3n) is 7.72. The smallest absolute Gasteiger partial charge is 0.252 e. The van der Waals surface area contributed by atoms with Crippen LogP contribution < -0.4 is 10.3 Å². The zero-order chi connectivity index (χ0) is 23.7. The van der Waals surface area contributed by atoms with Gasteiger partial charge in [-0.25, -0.2) is 4.68 Å². The number of methoxy groups -OCH3 is 1. The number of aromatic amines is 1. The van der Waals surface area contributed by atoms with Gasteiger partial charge in [0.1, 0.15) is 5.75 Å². The number of pyridine rings is 1. The van der Waals surface area contributed by atoms with Crippen molar-refractivity contribution >= 4 is 10.9 Å². The summed E-state index contributed by atoms with van der Waals surface area (Å²) in [4.78, 5) is 18.8. The summed E-state index contributed by atoms with van der Waals surface area (Å²) < 4.78 is 7.42. The second-order valence-corrected chi connectivity index (χ2v) is 10.3. The van der Waals surface area contributed by atoms with E-state index in [-0.39, 0.29) is 11.6 Å². The van der Waals surface area contributed by atoms with E-state index < -0.39 is 0 Å². The molecule has 8 nitrogen and oxygen atoms in total. The normalized spacial score (nSPS) is 18.5. The standard InChI is InChI=1S/C26H36N6O2/c1-17(2)24(25-28-29-30-32(25)21-10-6-7-11-21)31(20-8-4-5-9-20)16-19-14-18-12-13-22(34-3)15-23(18)27-26(19)33/h12-15,17,20-21,24H,4-11,16H2,1-3H3,(H,27,33). The molecule has 2 fully saturated rings. The molecule has 2 heterocycles. The van der Waals surface area contributed by atoms with Crippen LogP contribution in [0.3, 0.4) is 0 Å². The molecule has 0 amide bonds. The summed E-state index contributed by atoms with van der Waals surface area (Å²) in [5.41, 5.74) is 1.54. The Balaban J connectivity index is 1.53. The number of ether oxygens (including phenoxy) is 1. The average Bonchev–Trinajstić information content (AvgIpc) is 3.61. The van der Waals surface area contributed by atoms with E-state index >= 15 is 0 Å². The highest BCUT2D eigenvalue weighted by Gasteiger charge is 2.36. The number of nitrogens with one attached hydrogen (secondary N) is 1. The molecule has 0 radical (unpaired) electrons. The minimum absolute atomic E-state index is 0.0401. The molecule has 0 aliphatic heterocycles. The van der Waals surface area contributed by atoms with Gasteiger partial charge >= 0.3 is 0 Å². The molecule has 0 spiro atoms. The molecule has 1 unspecified atom stereocenters. The monoisotopic (exact) mass is 464 g/mol. The second kappa shape index (κ2) is 9.86. The van der Waals surface area contributed by atoms with Crippen molar-refractivity contribution in [3.8, 4) is 5.75 Å². The highest BCUT2D eigenvalue weighted by Crippen LogP contribution is 2.38. The lowest BCUT2D eigenvalue weighted by Gasteiger charge is -2.38. The number of hydrogen-bond donors (Lipinski definition) is 1. The third-order valence-corrected chi connectivity index (χ3v) is 7.72. The Hall–Kier alpha value is -2.74. The lowest BCUT2D eigenvalue weighted by atomic mass is 9.97. The van der Waals surface area contributed by atoms with Crippen LogP contribution in [0.4, 0.5) is 0 Å². The zero-order valence-electron chi connectivity index (χ0n) is 20.5. The van der Waals surface area contributed by atoms with Crippen LogP contribution in [0.15, 0.2) is 29.1 Å². The number of tetrazole rings is 1. The number of benzene rings is 1. The summed E-state index contributed by atoms with van der Waals surface area (Å²) in [5, 5.41) is 14.1. The summed E-state index contributed by atoms with van der Waals surface area (Å²) in [6, 6.07) is 8.72. The Morgan fingerprint density at radius 3 is 2.56 bits per heavy atom. The van der Waals surface area contributed by atoms with Crippen molar-refractivity contribution in [3.63, 3.8) is 0 Å². The van der Waals surface area contributed by atoms with E-state index in [9.17, 15) is 4.79 Å². The number of fused-ring (bicyclic) bond motifs is 1. The maximum atomic E-state index is 13.2. The van der Waals surface area contributed by atoms with Crippen LogP contribution in [-0.2, 0) is 6.54 Å². The fourth-order valence-corrected chi connectivity index (χ4v) is 5.99. The van der Waals surface area contributed by atoms with Gasteiger partial charge in [-0.05, 0) is 65.6 Å². The van der Waals surface area contributed by atoms with Gasteiger partial charge in [0.15, 0.2) is 5.82 Å². The minimum atomic E-state index is -0.0401. The van der Waals surface area contributed by atoms with Gasteiger partial charge < -0.3 is 9.72 Å². The quantitative estimate of drug-likeness (QED) is 0.516. The summed E-state index contributed by atoms with van der Waals surface area (Å²) in [6.45, 7) is 5.08. The number of hydrogen-bond acceptors (Lipinski definition) is 6. The lowest BCUT2D eigenvalue weighted by Crippen LogP contribution is -2.41. The number of aromatic nitrogens is 5. The molecule has 2 aliphatic rings. The minimum Gasteiger partial charge on any atom is -0.497 e. The van der Waals surface area contributed by atoms with Crippen LogP contribution in [0.2, 0.25) is 0 Å². The number of H-pyrrole nitrogens is 1. The first-order valence-corrected chi connectivity index (χ1v) is 12.8. The Morgan fingerprint density at radius 1 is 1.12 bits per heavy atom. The Kier molecular flexibility index (Phi) is 6.68. The molecule has 2 aliphatic carbocycles. The van der Waals surface area contributed by atoms with Crippen molar-refractivity contribution in [2.75, 3.05) is 7.11 Å². The van der Waals surface area contributed by atoms with Crippen LogP contribution >= 0.6 is 0 Å². The molecule has 182 valence electrons. The molecule has 3 aromatic rings. The predicted octanol–water partition coefficient (Wildman–Crippen LogP) is 4.78. The first-order chi connectivity index (χ1) is 16.5. The van der Waals surface area contributed by atoms with Crippen molar-refractivity contribution in [2.45, 2.75) is 89.9 Å². The highest BCUT2D eigenvalue weighted by atomic mass is 16.5. The number of rotatable bonds is 8. The first-order valence-electron chi connectivity index (χ1n) is 12.8. The van der Waals surface area contributed by atoms with E-state index in [0.29, 0.717) is 24.5 Å². The molecule has 8 heteroatoms. The Morgan fingerprint density at radius 2 is 1.85 bits per heavy atom. The van der Waals surface area contributed by atoms with Gasteiger partial charge in [0.25, 0.3) is 5.56 Å². The Labute approximate surface area is 200 Å². The summed E-state index contributed by atoms with van der Waals surface area (Å²) >= 11 is 0.